The summed E-state index contributed by atoms with van der Waals surface area (Å²) in [6, 6.07) is 27.7. The van der Waals surface area contributed by atoms with Gasteiger partial charge in [0.05, 0.1) is 6.04 Å². The lowest BCUT2D eigenvalue weighted by atomic mass is 9.99. The molecule has 0 aliphatic carbocycles. The molecule has 26 heavy (non-hydrogen) atoms. The molecule has 0 saturated heterocycles. The first kappa shape index (κ1) is 17.6. The molecule has 3 aromatic carbocycles. The molecule has 1 amide bonds. The van der Waals surface area contributed by atoms with Crippen LogP contribution in [0.1, 0.15) is 28.4 Å². The fourth-order valence-electron chi connectivity index (χ4n) is 2.80. The van der Waals surface area contributed by atoms with Gasteiger partial charge in [-0.2, -0.15) is 0 Å². The van der Waals surface area contributed by atoms with Crippen molar-refractivity contribution >= 4 is 5.91 Å². The molecule has 0 saturated carbocycles. The van der Waals surface area contributed by atoms with E-state index in [1.165, 1.54) is 11.1 Å². The SMILES string of the molecule is C=CC[C@@H](NNC(=O)c1ccccc1)c1ccc(-c2ccccc2)cc1. The number of hydrogen-bond acceptors (Lipinski definition) is 2. The number of carbonyl (C=O) groups excluding carboxylic acids is 1. The molecule has 0 unspecified atom stereocenters. The third kappa shape index (κ3) is 4.47. The molecule has 0 spiro atoms. The standard InChI is InChI=1S/C23H22N2O/c1-2-9-22(24-25-23(26)21-12-7-4-8-13-21)20-16-14-19(15-17-20)18-10-5-3-6-11-18/h2-8,10-17,22,24H,1,9H2,(H,25,26)/t22-/m1/s1. The zero-order valence-electron chi connectivity index (χ0n) is 14.6. The first-order chi connectivity index (χ1) is 12.8. The fraction of sp³-hybridized carbons (Fsp3) is 0.0870. The number of benzene rings is 3. The van der Waals surface area contributed by atoms with Gasteiger partial charge in [0.25, 0.3) is 5.91 Å². The van der Waals surface area contributed by atoms with Crippen LogP contribution >= 0.6 is 0 Å². The van der Waals surface area contributed by atoms with Crippen molar-refractivity contribution in [1.29, 1.82) is 0 Å². The number of rotatable bonds is 7. The van der Waals surface area contributed by atoms with Gasteiger partial charge in [0.1, 0.15) is 0 Å². The second-order valence-corrected chi connectivity index (χ2v) is 6.03. The average molecular weight is 342 g/mol. The Kier molecular flexibility index (Phi) is 5.96. The Labute approximate surface area is 154 Å². The molecular formula is C23H22N2O. The van der Waals surface area contributed by atoms with Gasteiger partial charge in [-0.15, -0.1) is 6.58 Å². The third-order valence-corrected chi connectivity index (χ3v) is 4.22. The van der Waals surface area contributed by atoms with Crippen molar-refractivity contribution < 1.29 is 4.79 Å². The Morgan fingerprint density at radius 3 is 2.04 bits per heavy atom. The average Bonchev–Trinajstić information content (AvgIpc) is 2.72. The van der Waals surface area contributed by atoms with Gasteiger partial charge in [0, 0.05) is 5.56 Å². The van der Waals surface area contributed by atoms with Crippen LogP contribution in [-0.2, 0) is 0 Å². The second-order valence-electron chi connectivity index (χ2n) is 6.03. The predicted molar refractivity (Wildman–Crippen MR) is 106 cm³/mol. The van der Waals surface area contributed by atoms with Crippen molar-refractivity contribution in [2.75, 3.05) is 0 Å². The maximum Gasteiger partial charge on any atom is 0.265 e. The van der Waals surface area contributed by atoms with Gasteiger partial charge >= 0.3 is 0 Å². The van der Waals surface area contributed by atoms with Crippen molar-refractivity contribution in [3.8, 4) is 11.1 Å². The summed E-state index contributed by atoms with van der Waals surface area (Å²) in [5.41, 5.74) is 9.98. The van der Waals surface area contributed by atoms with E-state index < -0.39 is 0 Å². The predicted octanol–water partition coefficient (Wildman–Crippen LogP) is 4.91. The van der Waals surface area contributed by atoms with Gasteiger partial charge in [-0.3, -0.25) is 10.2 Å². The summed E-state index contributed by atoms with van der Waals surface area (Å²) < 4.78 is 0. The van der Waals surface area contributed by atoms with E-state index in [-0.39, 0.29) is 11.9 Å². The lowest BCUT2D eigenvalue weighted by molar-refractivity contribution is 0.0925. The van der Waals surface area contributed by atoms with E-state index >= 15 is 0 Å². The first-order valence-corrected chi connectivity index (χ1v) is 8.65. The van der Waals surface area contributed by atoms with Crippen LogP contribution in [0.2, 0.25) is 0 Å². The fourth-order valence-corrected chi connectivity index (χ4v) is 2.80. The Balaban J connectivity index is 1.69. The zero-order chi connectivity index (χ0) is 18.2. The molecular weight excluding hydrogens is 320 g/mol. The molecule has 2 N–H and O–H groups in total. The molecule has 0 aromatic heterocycles. The summed E-state index contributed by atoms with van der Waals surface area (Å²) in [5.74, 6) is -0.152. The van der Waals surface area contributed by atoms with Gasteiger partial charge in [0.15, 0.2) is 0 Å². The maximum absolute atomic E-state index is 12.2. The molecule has 3 rings (SSSR count). The van der Waals surface area contributed by atoms with Crippen LogP contribution in [0.3, 0.4) is 0 Å². The second kappa shape index (κ2) is 8.79. The van der Waals surface area contributed by atoms with E-state index in [9.17, 15) is 4.79 Å². The van der Waals surface area contributed by atoms with Crippen LogP contribution in [0, 0.1) is 0 Å². The minimum Gasteiger partial charge on any atom is -0.287 e. The Morgan fingerprint density at radius 2 is 1.42 bits per heavy atom. The topological polar surface area (TPSA) is 41.1 Å². The normalized spacial score (nSPS) is 11.5. The number of nitrogens with one attached hydrogen (secondary N) is 2. The van der Waals surface area contributed by atoms with Crippen molar-refractivity contribution in [1.82, 2.24) is 10.9 Å². The van der Waals surface area contributed by atoms with E-state index in [0.29, 0.717) is 12.0 Å². The van der Waals surface area contributed by atoms with Gasteiger partial charge in [-0.05, 0) is 35.2 Å². The Morgan fingerprint density at radius 1 is 0.846 bits per heavy atom. The summed E-state index contributed by atoms with van der Waals surface area (Å²) in [7, 11) is 0. The van der Waals surface area contributed by atoms with Crippen molar-refractivity contribution in [3.05, 3.63) is 109 Å². The number of hydrazine groups is 1. The molecule has 3 nitrogen and oxygen atoms in total. The van der Waals surface area contributed by atoms with E-state index in [1.54, 1.807) is 12.1 Å². The monoisotopic (exact) mass is 342 g/mol. The van der Waals surface area contributed by atoms with Crippen molar-refractivity contribution in [2.45, 2.75) is 12.5 Å². The van der Waals surface area contributed by atoms with Crippen LogP contribution < -0.4 is 10.9 Å². The largest absolute Gasteiger partial charge is 0.287 e. The summed E-state index contributed by atoms with van der Waals surface area (Å²) in [5, 5.41) is 0. The van der Waals surface area contributed by atoms with Gasteiger partial charge in [-0.25, -0.2) is 5.43 Å². The van der Waals surface area contributed by atoms with E-state index in [0.717, 1.165) is 5.56 Å². The summed E-state index contributed by atoms with van der Waals surface area (Å²) in [6.07, 6.45) is 2.55. The van der Waals surface area contributed by atoms with Gasteiger partial charge in [0.2, 0.25) is 0 Å². The smallest absolute Gasteiger partial charge is 0.265 e. The van der Waals surface area contributed by atoms with E-state index in [2.05, 4.69) is 53.8 Å². The molecule has 130 valence electrons. The Bertz CT molecular complexity index is 842. The molecule has 0 fully saturated rings. The number of carbonyl (C=O) groups is 1. The minimum atomic E-state index is -0.152. The lowest BCUT2D eigenvalue weighted by Crippen LogP contribution is -2.39. The minimum absolute atomic E-state index is 0.0371. The van der Waals surface area contributed by atoms with Crippen LogP contribution in [0.15, 0.2) is 97.6 Å². The maximum atomic E-state index is 12.2. The van der Waals surface area contributed by atoms with Gasteiger partial charge < -0.3 is 0 Å². The highest BCUT2D eigenvalue weighted by atomic mass is 16.2. The molecule has 3 heteroatoms. The van der Waals surface area contributed by atoms with Crippen molar-refractivity contribution in [3.63, 3.8) is 0 Å². The Hall–Kier alpha value is -3.17. The summed E-state index contributed by atoms with van der Waals surface area (Å²) in [4.78, 5) is 12.2. The molecule has 0 aliphatic heterocycles. The molecule has 1 atom stereocenters. The highest BCUT2D eigenvalue weighted by Gasteiger charge is 2.12. The molecule has 0 radical (unpaired) electrons. The third-order valence-electron chi connectivity index (χ3n) is 4.22. The lowest BCUT2D eigenvalue weighted by Gasteiger charge is -2.19. The number of amides is 1. The van der Waals surface area contributed by atoms with Crippen molar-refractivity contribution in [2.24, 2.45) is 0 Å². The zero-order valence-corrected chi connectivity index (χ0v) is 14.6. The molecule has 3 aromatic rings. The quantitative estimate of drug-likeness (QED) is 0.473. The van der Waals surface area contributed by atoms with Crippen LogP contribution in [0.25, 0.3) is 11.1 Å². The highest BCUT2D eigenvalue weighted by molar-refractivity contribution is 5.93. The van der Waals surface area contributed by atoms with E-state index in [1.807, 2.05) is 42.5 Å². The molecule has 0 aliphatic rings. The number of hydrogen-bond donors (Lipinski definition) is 2. The summed E-state index contributed by atoms with van der Waals surface area (Å²) in [6.45, 7) is 3.82. The molecule has 0 heterocycles. The summed E-state index contributed by atoms with van der Waals surface area (Å²) >= 11 is 0. The van der Waals surface area contributed by atoms with Gasteiger partial charge in [-0.1, -0.05) is 78.9 Å². The van der Waals surface area contributed by atoms with Crippen LogP contribution in [0.5, 0.6) is 0 Å². The van der Waals surface area contributed by atoms with E-state index in [4.69, 9.17) is 0 Å². The van der Waals surface area contributed by atoms with Crippen LogP contribution in [-0.4, -0.2) is 5.91 Å². The highest BCUT2D eigenvalue weighted by Crippen LogP contribution is 2.23. The van der Waals surface area contributed by atoms with Crippen LogP contribution in [0.4, 0.5) is 0 Å². The molecule has 0 bridgehead atoms. The first-order valence-electron chi connectivity index (χ1n) is 8.65.